The van der Waals surface area contributed by atoms with E-state index in [1.807, 2.05) is 24.3 Å². The fourth-order valence-electron chi connectivity index (χ4n) is 2.32. The van der Waals surface area contributed by atoms with Crippen LogP contribution in [0.5, 0.6) is 0 Å². The van der Waals surface area contributed by atoms with E-state index in [0.29, 0.717) is 5.69 Å². The first-order valence-electron chi connectivity index (χ1n) is 7.22. The number of hydrogen-bond donors (Lipinski definition) is 2. The lowest BCUT2D eigenvalue weighted by atomic mass is 9.98. The molecule has 0 fully saturated rings. The van der Waals surface area contributed by atoms with Crippen molar-refractivity contribution in [3.63, 3.8) is 0 Å². The Morgan fingerprint density at radius 3 is 2.91 bits per heavy atom. The number of carbonyl (C=O) groups is 1. The van der Waals surface area contributed by atoms with Crippen molar-refractivity contribution in [1.82, 2.24) is 24.0 Å². The molecule has 1 aromatic carbocycles. The van der Waals surface area contributed by atoms with E-state index in [2.05, 4.69) is 37.9 Å². The van der Waals surface area contributed by atoms with Gasteiger partial charge in [0.1, 0.15) is 5.82 Å². The molecule has 0 aliphatic carbocycles. The van der Waals surface area contributed by atoms with Crippen molar-refractivity contribution < 1.29 is 4.79 Å². The second-order valence-electron chi connectivity index (χ2n) is 5.27. The van der Waals surface area contributed by atoms with Crippen molar-refractivity contribution in [2.45, 2.75) is 26.3 Å². The Balaban J connectivity index is 1.90. The third kappa shape index (κ3) is 2.85. The number of benzene rings is 1. The molecule has 0 bridgehead atoms. The van der Waals surface area contributed by atoms with Crippen molar-refractivity contribution in [2.75, 3.05) is 0 Å². The summed E-state index contributed by atoms with van der Waals surface area (Å²) < 4.78 is 7.85. The van der Waals surface area contributed by atoms with Gasteiger partial charge >= 0.3 is 0 Å². The highest BCUT2D eigenvalue weighted by Crippen LogP contribution is 2.24. The number of para-hydroxylation sites is 2. The van der Waals surface area contributed by atoms with Gasteiger partial charge in [0, 0.05) is 0 Å². The summed E-state index contributed by atoms with van der Waals surface area (Å²) >= 11 is 1.02. The minimum atomic E-state index is -0.223. The second-order valence-corrected chi connectivity index (χ2v) is 5.83. The lowest BCUT2D eigenvalue weighted by Gasteiger charge is -2.21. The Bertz CT molecular complexity index is 734. The van der Waals surface area contributed by atoms with Gasteiger partial charge in [0.05, 0.1) is 35.0 Å². The zero-order valence-electron chi connectivity index (χ0n) is 12.4. The van der Waals surface area contributed by atoms with Crippen LogP contribution >= 0.6 is 11.7 Å². The fraction of sp³-hybridized carbons (Fsp3) is 0.333. The van der Waals surface area contributed by atoms with Crippen molar-refractivity contribution in [2.24, 2.45) is 5.92 Å². The zero-order chi connectivity index (χ0) is 15.5. The molecule has 0 saturated carbocycles. The normalized spacial score (nSPS) is 13.9. The van der Waals surface area contributed by atoms with Crippen LogP contribution in [0.3, 0.4) is 0 Å². The zero-order valence-corrected chi connectivity index (χ0v) is 13.2. The van der Waals surface area contributed by atoms with Gasteiger partial charge < -0.3 is 10.3 Å². The molecule has 6 nitrogen and oxygen atoms in total. The summed E-state index contributed by atoms with van der Waals surface area (Å²) in [4.78, 5) is 20.2. The SMILES string of the molecule is CCC(C)C(NC(=O)c1cnsn1)c1nc2ccccc2[nH]1. The monoisotopic (exact) mass is 315 g/mol. The maximum absolute atomic E-state index is 12.3. The highest BCUT2D eigenvalue weighted by Gasteiger charge is 2.24. The number of carbonyl (C=O) groups excluding carboxylic acids is 1. The molecule has 3 rings (SSSR count). The summed E-state index contributed by atoms with van der Waals surface area (Å²) in [5.74, 6) is 0.794. The number of imidazole rings is 1. The van der Waals surface area contributed by atoms with Gasteiger partial charge in [-0.25, -0.2) is 4.98 Å². The van der Waals surface area contributed by atoms with Crippen LogP contribution in [0.25, 0.3) is 11.0 Å². The molecule has 2 atom stereocenters. The summed E-state index contributed by atoms with van der Waals surface area (Å²) in [6.45, 7) is 4.19. The van der Waals surface area contributed by atoms with E-state index in [1.54, 1.807) is 0 Å². The predicted molar refractivity (Wildman–Crippen MR) is 85.7 cm³/mol. The Morgan fingerprint density at radius 2 is 2.23 bits per heavy atom. The summed E-state index contributed by atoms with van der Waals surface area (Å²) in [6.07, 6.45) is 2.41. The summed E-state index contributed by atoms with van der Waals surface area (Å²) in [7, 11) is 0. The second kappa shape index (κ2) is 6.23. The molecule has 0 aliphatic heterocycles. The molecular weight excluding hydrogens is 298 g/mol. The molecule has 2 heterocycles. The third-order valence-electron chi connectivity index (χ3n) is 3.80. The van der Waals surface area contributed by atoms with Crippen LogP contribution in [0.2, 0.25) is 0 Å². The van der Waals surface area contributed by atoms with E-state index in [0.717, 1.165) is 35.0 Å². The van der Waals surface area contributed by atoms with Crippen molar-refractivity contribution in [1.29, 1.82) is 0 Å². The van der Waals surface area contributed by atoms with Crippen molar-refractivity contribution >= 4 is 28.7 Å². The molecule has 0 saturated heterocycles. The quantitative estimate of drug-likeness (QED) is 0.758. The number of amides is 1. The van der Waals surface area contributed by atoms with E-state index in [-0.39, 0.29) is 17.9 Å². The minimum Gasteiger partial charge on any atom is -0.340 e. The Hall–Kier alpha value is -2.28. The number of nitrogens with one attached hydrogen (secondary N) is 2. The molecule has 114 valence electrons. The van der Waals surface area contributed by atoms with E-state index in [4.69, 9.17) is 0 Å². The lowest BCUT2D eigenvalue weighted by molar-refractivity contribution is 0.0916. The van der Waals surface area contributed by atoms with Gasteiger partial charge in [-0.3, -0.25) is 4.79 Å². The number of hydrogen-bond acceptors (Lipinski definition) is 5. The Labute approximate surface area is 132 Å². The summed E-state index contributed by atoms with van der Waals surface area (Å²) in [5, 5.41) is 3.02. The smallest absolute Gasteiger partial charge is 0.273 e. The maximum atomic E-state index is 12.3. The molecule has 22 heavy (non-hydrogen) atoms. The summed E-state index contributed by atoms with van der Waals surface area (Å²) in [6, 6.07) is 7.65. The summed E-state index contributed by atoms with van der Waals surface area (Å²) in [5.41, 5.74) is 2.21. The highest BCUT2D eigenvalue weighted by molar-refractivity contribution is 6.99. The van der Waals surface area contributed by atoms with Gasteiger partial charge in [-0.2, -0.15) is 8.75 Å². The molecule has 7 heteroatoms. The number of fused-ring (bicyclic) bond motifs is 1. The largest absolute Gasteiger partial charge is 0.340 e. The Kier molecular flexibility index (Phi) is 4.15. The molecular formula is C15H17N5OS. The van der Waals surface area contributed by atoms with Crippen LogP contribution < -0.4 is 5.32 Å². The fourth-order valence-corrected chi connectivity index (χ4v) is 2.73. The van der Waals surface area contributed by atoms with Gasteiger partial charge in [0.25, 0.3) is 5.91 Å². The molecule has 2 unspecified atom stereocenters. The molecule has 2 N–H and O–H groups in total. The first-order chi connectivity index (χ1) is 10.7. The number of aromatic nitrogens is 4. The third-order valence-corrected chi connectivity index (χ3v) is 4.27. The van der Waals surface area contributed by atoms with Crippen molar-refractivity contribution in [3.05, 3.63) is 42.0 Å². The van der Waals surface area contributed by atoms with E-state index < -0.39 is 0 Å². The molecule has 3 aromatic rings. The topological polar surface area (TPSA) is 83.6 Å². The van der Waals surface area contributed by atoms with Gasteiger partial charge in [-0.1, -0.05) is 32.4 Å². The van der Waals surface area contributed by atoms with Crippen LogP contribution in [-0.2, 0) is 0 Å². The van der Waals surface area contributed by atoms with E-state index in [9.17, 15) is 4.79 Å². The first kappa shape index (κ1) is 14.6. The molecule has 0 spiro atoms. The Morgan fingerprint density at radius 1 is 1.41 bits per heavy atom. The van der Waals surface area contributed by atoms with Gasteiger partial charge in [0.15, 0.2) is 5.69 Å². The van der Waals surface area contributed by atoms with Crippen LogP contribution in [0.1, 0.15) is 42.6 Å². The highest BCUT2D eigenvalue weighted by atomic mass is 32.1. The first-order valence-corrected chi connectivity index (χ1v) is 7.95. The van der Waals surface area contributed by atoms with Gasteiger partial charge in [-0.05, 0) is 18.1 Å². The average molecular weight is 315 g/mol. The maximum Gasteiger partial charge on any atom is 0.273 e. The van der Waals surface area contributed by atoms with E-state index in [1.165, 1.54) is 6.20 Å². The number of H-pyrrole nitrogens is 1. The van der Waals surface area contributed by atoms with E-state index >= 15 is 0 Å². The molecule has 0 aliphatic rings. The lowest BCUT2D eigenvalue weighted by Crippen LogP contribution is -2.33. The average Bonchev–Trinajstić information content (AvgIpc) is 3.20. The van der Waals surface area contributed by atoms with Crippen LogP contribution in [0, 0.1) is 5.92 Å². The van der Waals surface area contributed by atoms with Gasteiger partial charge in [0.2, 0.25) is 0 Å². The van der Waals surface area contributed by atoms with Crippen LogP contribution in [0.4, 0.5) is 0 Å². The standard InChI is InChI=1S/C15H17N5OS/c1-3-9(2)13(19-15(21)12-8-16-22-20-12)14-17-10-6-4-5-7-11(10)18-14/h4-9,13H,3H2,1-2H3,(H,17,18)(H,19,21). The van der Waals surface area contributed by atoms with Crippen LogP contribution in [-0.4, -0.2) is 24.6 Å². The predicted octanol–water partition coefficient (Wildman–Crippen LogP) is 2.93. The molecule has 1 amide bonds. The molecule has 2 aromatic heterocycles. The number of aromatic amines is 1. The molecule has 0 radical (unpaired) electrons. The number of nitrogens with zero attached hydrogens (tertiary/aromatic N) is 3. The van der Waals surface area contributed by atoms with Crippen LogP contribution in [0.15, 0.2) is 30.5 Å². The number of rotatable bonds is 5. The van der Waals surface area contributed by atoms with Gasteiger partial charge in [-0.15, -0.1) is 0 Å². The van der Waals surface area contributed by atoms with Crippen molar-refractivity contribution in [3.8, 4) is 0 Å². The minimum absolute atomic E-state index is 0.188.